The third kappa shape index (κ3) is 6.60. The van der Waals surface area contributed by atoms with Crippen molar-refractivity contribution in [1.82, 2.24) is 9.97 Å². The molecule has 2 aromatic carbocycles. The standard InChI is InChI=1S/C23H23ClN5O6P/c1-2-21(30)26-16-5-3-4-15(12-16)22-18(24)14-25-23(28-22)27-17-6-7-19(29-8-10-34-11-9-29)20(13-17)35-36(31,32)33/h2-7,12-14H,1,8-11H2,(H,26,30)(H,25,27,28)(H2,31,32,33). The second-order valence-corrected chi connectivity index (χ2v) is 9.22. The van der Waals surface area contributed by atoms with Crippen LogP contribution in [0.25, 0.3) is 11.3 Å². The number of phosphoric acid groups is 1. The number of nitrogens with one attached hydrogen (secondary N) is 2. The SMILES string of the molecule is C=CC(=O)Nc1cccc(-c2nc(Nc3ccc(N4CCOCC4)c(OP(=O)(O)O)c3)ncc2Cl)c1. The van der Waals surface area contributed by atoms with Crippen molar-refractivity contribution >= 4 is 48.3 Å². The molecular formula is C23H23ClN5O6P. The average molecular weight is 532 g/mol. The fourth-order valence-corrected chi connectivity index (χ4v) is 4.16. The fraction of sp³-hybridized carbons (Fsp3) is 0.174. The Kier molecular flexibility index (Phi) is 7.88. The van der Waals surface area contributed by atoms with Crippen LogP contribution in [0.4, 0.5) is 23.0 Å². The van der Waals surface area contributed by atoms with Crippen LogP contribution in [0.5, 0.6) is 5.75 Å². The number of phosphoric ester groups is 1. The van der Waals surface area contributed by atoms with Crippen LogP contribution in [-0.4, -0.2) is 52.0 Å². The van der Waals surface area contributed by atoms with Gasteiger partial charge in [-0.2, -0.15) is 0 Å². The first-order valence-corrected chi connectivity index (χ1v) is 12.7. The summed E-state index contributed by atoms with van der Waals surface area (Å²) in [6, 6.07) is 11.8. The summed E-state index contributed by atoms with van der Waals surface area (Å²) in [5.74, 6) is -0.150. The van der Waals surface area contributed by atoms with Gasteiger partial charge in [0.2, 0.25) is 11.9 Å². The molecule has 1 aromatic heterocycles. The summed E-state index contributed by atoms with van der Waals surface area (Å²) in [6.45, 7) is 5.54. The van der Waals surface area contributed by atoms with Crippen LogP contribution >= 0.6 is 19.4 Å². The molecule has 0 aliphatic carbocycles. The number of carbonyl (C=O) groups is 1. The summed E-state index contributed by atoms with van der Waals surface area (Å²) in [5.41, 5.74) is 2.57. The average Bonchev–Trinajstić information content (AvgIpc) is 2.85. The Morgan fingerprint density at radius 3 is 2.69 bits per heavy atom. The van der Waals surface area contributed by atoms with E-state index >= 15 is 0 Å². The molecule has 188 valence electrons. The highest BCUT2D eigenvalue weighted by Gasteiger charge is 2.23. The van der Waals surface area contributed by atoms with E-state index in [-0.39, 0.29) is 17.6 Å². The molecule has 3 aromatic rings. The molecule has 0 bridgehead atoms. The van der Waals surface area contributed by atoms with Gasteiger partial charge in [0, 0.05) is 36.1 Å². The zero-order chi connectivity index (χ0) is 25.7. The number of halogens is 1. The summed E-state index contributed by atoms with van der Waals surface area (Å²) in [4.78, 5) is 41.1. The number of hydrogen-bond donors (Lipinski definition) is 4. The molecule has 11 nitrogen and oxygen atoms in total. The van der Waals surface area contributed by atoms with Crippen LogP contribution in [0.2, 0.25) is 5.02 Å². The van der Waals surface area contributed by atoms with E-state index in [4.69, 9.17) is 20.9 Å². The fourth-order valence-electron chi connectivity index (χ4n) is 3.56. The van der Waals surface area contributed by atoms with Crippen LogP contribution < -0.4 is 20.1 Å². The van der Waals surface area contributed by atoms with E-state index in [1.54, 1.807) is 36.4 Å². The molecule has 4 N–H and O–H groups in total. The largest absolute Gasteiger partial charge is 0.524 e. The number of nitrogens with zero attached hydrogens (tertiary/aromatic N) is 3. The zero-order valence-electron chi connectivity index (χ0n) is 18.9. The summed E-state index contributed by atoms with van der Waals surface area (Å²) >= 11 is 6.35. The maximum Gasteiger partial charge on any atom is 0.524 e. The van der Waals surface area contributed by atoms with E-state index in [9.17, 15) is 19.1 Å². The number of ether oxygens (including phenoxy) is 1. The molecule has 1 aliphatic rings. The minimum atomic E-state index is -4.81. The summed E-state index contributed by atoms with van der Waals surface area (Å²) in [5, 5.41) is 5.99. The predicted octanol–water partition coefficient (Wildman–Crippen LogP) is 3.97. The number of morpholine rings is 1. The third-order valence-corrected chi connectivity index (χ3v) is 5.83. The van der Waals surface area contributed by atoms with Gasteiger partial charge in [-0.05, 0) is 30.3 Å². The number of anilines is 4. The lowest BCUT2D eigenvalue weighted by Crippen LogP contribution is -2.36. The van der Waals surface area contributed by atoms with Gasteiger partial charge in [-0.1, -0.05) is 30.3 Å². The molecule has 13 heteroatoms. The van der Waals surface area contributed by atoms with Crippen LogP contribution in [0, 0.1) is 0 Å². The minimum Gasteiger partial charge on any atom is -0.402 e. The molecule has 0 saturated carbocycles. The first-order chi connectivity index (χ1) is 17.2. The first-order valence-electron chi connectivity index (χ1n) is 10.8. The quantitative estimate of drug-likeness (QED) is 0.249. The van der Waals surface area contributed by atoms with Gasteiger partial charge in [0.15, 0.2) is 5.75 Å². The first kappa shape index (κ1) is 25.6. The Bertz CT molecular complexity index is 1330. The summed E-state index contributed by atoms with van der Waals surface area (Å²) in [7, 11) is -4.81. The number of rotatable bonds is 8. The van der Waals surface area contributed by atoms with Crippen molar-refractivity contribution in [1.29, 1.82) is 0 Å². The van der Waals surface area contributed by atoms with Crippen LogP contribution in [0.3, 0.4) is 0 Å². The van der Waals surface area contributed by atoms with Gasteiger partial charge < -0.3 is 24.8 Å². The number of benzene rings is 2. The molecule has 2 heterocycles. The molecule has 0 atom stereocenters. The van der Waals surface area contributed by atoms with Gasteiger partial charge in [0.1, 0.15) is 0 Å². The topological polar surface area (TPSA) is 146 Å². The summed E-state index contributed by atoms with van der Waals surface area (Å²) in [6.07, 6.45) is 2.59. The third-order valence-electron chi connectivity index (χ3n) is 5.12. The lowest BCUT2D eigenvalue weighted by Gasteiger charge is -2.30. The lowest BCUT2D eigenvalue weighted by atomic mass is 10.1. The van der Waals surface area contributed by atoms with Gasteiger partial charge in [0.05, 0.1) is 35.8 Å². The minimum absolute atomic E-state index is 0.00933. The van der Waals surface area contributed by atoms with Crippen molar-refractivity contribution in [2.45, 2.75) is 0 Å². The van der Waals surface area contributed by atoms with E-state index in [1.807, 2.05) is 4.90 Å². The Balaban J connectivity index is 1.62. The molecule has 1 saturated heterocycles. The highest BCUT2D eigenvalue weighted by Crippen LogP contribution is 2.43. The maximum atomic E-state index is 11.6. The maximum absolute atomic E-state index is 11.6. The molecular weight excluding hydrogens is 509 g/mol. The molecule has 4 rings (SSSR count). The molecule has 1 fully saturated rings. The van der Waals surface area contributed by atoms with E-state index in [2.05, 4.69) is 27.2 Å². The zero-order valence-corrected chi connectivity index (χ0v) is 20.6. The second kappa shape index (κ2) is 11.1. The van der Waals surface area contributed by atoms with Crippen molar-refractivity contribution in [3.8, 4) is 17.0 Å². The highest BCUT2D eigenvalue weighted by molar-refractivity contribution is 7.46. The molecule has 0 radical (unpaired) electrons. The lowest BCUT2D eigenvalue weighted by molar-refractivity contribution is -0.111. The van der Waals surface area contributed by atoms with Crippen LogP contribution in [0.1, 0.15) is 0 Å². The van der Waals surface area contributed by atoms with Crippen molar-refractivity contribution in [3.63, 3.8) is 0 Å². The van der Waals surface area contributed by atoms with Crippen LogP contribution in [-0.2, 0) is 14.1 Å². The van der Waals surface area contributed by atoms with Crippen molar-refractivity contribution in [3.05, 3.63) is 66.3 Å². The number of amides is 1. The number of aromatic nitrogens is 2. The molecule has 1 aliphatic heterocycles. The Labute approximate surface area is 212 Å². The van der Waals surface area contributed by atoms with Crippen molar-refractivity contribution in [2.24, 2.45) is 0 Å². The summed E-state index contributed by atoms with van der Waals surface area (Å²) < 4.78 is 21.9. The molecule has 0 unspecified atom stereocenters. The molecule has 0 spiro atoms. The van der Waals surface area contributed by atoms with Crippen LogP contribution in [0.15, 0.2) is 61.3 Å². The smallest absolute Gasteiger partial charge is 0.402 e. The van der Waals surface area contributed by atoms with Crippen molar-refractivity contribution < 1.29 is 28.4 Å². The normalized spacial score (nSPS) is 13.7. The van der Waals surface area contributed by atoms with Gasteiger partial charge in [-0.25, -0.2) is 14.5 Å². The predicted molar refractivity (Wildman–Crippen MR) is 137 cm³/mol. The van der Waals surface area contributed by atoms with E-state index in [0.29, 0.717) is 59.6 Å². The number of hydrogen-bond acceptors (Lipinski definition) is 8. The van der Waals surface area contributed by atoms with Gasteiger partial charge >= 0.3 is 7.82 Å². The second-order valence-electron chi connectivity index (χ2n) is 7.65. The van der Waals surface area contributed by atoms with Crippen molar-refractivity contribution in [2.75, 3.05) is 41.8 Å². The molecule has 36 heavy (non-hydrogen) atoms. The monoisotopic (exact) mass is 531 g/mol. The van der Waals surface area contributed by atoms with Gasteiger partial charge in [-0.3, -0.25) is 14.6 Å². The van der Waals surface area contributed by atoms with E-state index < -0.39 is 7.82 Å². The van der Waals surface area contributed by atoms with E-state index in [0.717, 1.165) is 0 Å². The Morgan fingerprint density at radius 1 is 1.19 bits per heavy atom. The highest BCUT2D eigenvalue weighted by atomic mass is 35.5. The van der Waals surface area contributed by atoms with Gasteiger partial charge in [0.25, 0.3) is 0 Å². The van der Waals surface area contributed by atoms with E-state index in [1.165, 1.54) is 18.3 Å². The van der Waals surface area contributed by atoms with Gasteiger partial charge in [-0.15, -0.1) is 0 Å². The number of carbonyl (C=O) groups excluding carboxylic acids is 1. The molecule has 1 amide bonds. The Hall–Kier alpha value is -3.47. The Morgan fingerprint density at radius 2 is 1.97 bits per heavy atom.